The molecule has 6 heteroatoms. The van der Waals surface area contributed by atoms with Crippen LogP contribution in [0.25, 0.3) is 0 Å². The molecule has 0 aromatic carbocycles. The Labute approximate surface area is 455 Å². The Kier molecular flexibility index (Phi) is 61.0. The molecule has 0 spiro atoms. The maximum atomic E-state index is 12.5. The second-order valence-electron chi connectivity index (χ2n) is 22.4. The summed E-state index contributed by atoms with van der Waals surface area (Å²) in [6.45, 7) is 4.90. The van der Waals surface area contributed by atoms with Gasteiger partial charge in [0.25, 0.3) is 0 Å². The van der Waals surface area contributed by atoms with Gasteiger partial charge in [-0.15, -0.1) is 0 Å². The predicted octanol–water partition coefficient (Wildman–Crippen LogP) is 20.8. The highest BCUT2D eigenvalue weighted by molar-refractivity contribution is 5.76. The highest BCUT2D eigenvalue weighted by Gasteiger charge is 2.18. The Morgan fingerprint density at radius 3 is 0.973 bits per heavy atom. The van der Waals surface area contributed by atoms with Gasteiger partial charge in [-0.3, -0.25) is 9.59 Å². The van der Waals surface area contributed by atoms with E-state index in [4.69, 9.17) is 4.74 Å². The van der Waals surface area contributed by atoms with E-state index in [9.17, 15) is 19.8 Å². The van der Waals surface area contributed by atoms with Crippen molar-refractivity contribution in [1.29, 1.82) is 0 Å². The zero-order valence-corrected chi connectivity index (χ0v) is 49.1. The van der Waals surface area contributed by atoms with Crippen LogP contribution in [0.3, 0.4) is 0 Å². The molecule has 0 aliphatic rings. The molecule has 0 saturated carbocycles. The molecular weight excluding hydrogens is 899 g/mol. The first-order chi connectivity index (χ1) is 36.0. The van der Waals surface area contributed by atoms with Gasteiger partial charge in [0.1, 0.15) is 0 Å². The molecule has 0 aromatic heterocycles. The van der Waals surface area contributed by atoms with Gasteiger partial charge in [-0.05, 0) is 83.5 Å². The van der Waals surface area contributed by atoms with Gasteiger partial charge in [0.15, 0.2) is 0 Å². The lowest BCUT2D eigenvalue weighted by atomic mass is 10.0. The summed E-state index contributed by atoms with van der Waals surface area (Å²) in [5.41, 5.74) is 0. The molecule has 0 radical (unpaired) electrons. The van der Waals surface area contributed by atoms with E-state index >= 15 is 0 Å². The summed E-state index contributed by atoms with van der Waals surface area (Å²) in [7, 11) is 0. The summed E-state index contributed by atoms with van der Waals surface area (Å²) in [6.07, 6.45) is 79.1. The predicted molar refractivity (Wildman–Crippen MR) is 319 cm³/mol. The first-order valence-electron chi connectivity index (χ1n) is 32.8. The molecule has 0 fully saturated rings. The van der Waals surface area contributed by atoms with Crippen molar-refractivity contribution in [2.75, 3.05) is 13.2 Å². The average molecular weight is 1030 g/mol. The number of allylic oxidation sites excluding steroid dienone is 5. The van der Waals surface area contributed by atoms with Crippen LogP contribution in [0, 0.1) is 0 Å². The number of carbonyl (C=O) groups is 2. The van der Waals surface area contributed by atoms with E-state index in [1.54, 1.807) is 6.08 Å². The van der Waals surface area contributed by atoms with E-state index in [0.717, 1.165) is 64.2 Å². The minimum absolute atomic E-state index is 0.00538. The maximum Gasteiger partial charge on any atom is 0.305 e. The number of carbonyl (C=O) groups excluding carboxylic acids is 2. The number of amides is 1. The van der Waals surface area contributed by atoms with Crippen molar-refractivity contribution in [3.05, 3.63) is 36.5 Å². The monoisotopic (exact) mass is 1030 g/mol. The van der Waals surface area contributed by atoms with Crippen molar-refractivity contribution in [2.24, 2.45) is 0 Å². The lowest BCUT2D eigenvalue weighted by Gasteiger charge is -2.20. The molecule has 2 atom stereocenters. The summed E-state index contributed by atoms with van der Waals surface area (Å²) < 4.78 is 5.48. The van der Waals surface area contributed by atoms with Crippen molar-refractivity contribution in [3.63, 3.8) is 0 Å². The average Bonchev–Trinajstić information content (AvgIpc) is 3.39. The van der Waals surface area contributed by atoms with Crippen molar-refractivity contribution in [3.8, 4) is 0 Å². The normalized spacial score (nSPS) is 12.8. The van der Waals surface area contributed by atoms with Crippen molar-refractivity contribution < 1.29 is 24.5 Å². The van der Waals surface area contributed by atoms with Crippen molar-refractivity contribution in [1.82, 2.24) is 5.32 Å². The number of ether oxygens (including phenoxy) is 1. The Morgan fingerprint density at radius 1 is 0.370 bits per heavy atom. The number of unbranched alkanes of at least 4 members (excludes halogenated alkanes) is 46. The number of rotatable bonds is 61. The SMILES string of the molecule is CCCCCCCC/C=C\CCCCCCCC(=O)OCCCCCCCCCCC/C=C\CCCCCCCC(=O)NC(CO)C(O)/C=C/CCCCCCCCCCCCCCCCCCCCCCC. The largest absolute Gasteiger partial charge is 0.466 e. The molecule has 73 heavy (non-hydrogen) atoms. The van der Waals surface area contributed by atoms with Crippen LogP contribution in [0.4, 0.5) is 0 Å². The summed E-state index contributed by atoms with van der Waals surface area (Å²) in [5.74, 6) is -0.0848. The standard InChI is InChI=1S/C67H127NO5/c1-3-5-7-9-11-13-15-17-19-20-21-22-23-24-25-28-32-35-39-43-47-51-55-59-65(70)64(63-69)68-66(71)60-56-52-48-44-40-36-33-29-26-27-30-34-38-42-46-50-54-58-62-73-67(72)61-57-53-49-45-41-37-31-18-16-14-12-10-8-6-4-2/h18,29,31,33,55,59,64-65,69-70H,3-17,19-28,30,32,34-54,56-58,60-63H2,1-2H3,(H,68,71)/b31-18-,33-29-,59-55+. The third kappa shape index (κ3) is 59.2. The lowest BCUT2D eigenvalue weighted by Crippen LogP contribution is -2.45. The number of aliphatic hydroxyl groups excluding tert-OH is 2. The number of hydrogen-bond acceptors (Lipinski definition) is 5. The van der Waals surface area contributed by atoms with E-state index in [1.165, 1.54) is 263 Å². The number of esters is 1. The van der Waals surface area contributed by atoms with Crippen LogP contribution in [0.15, 0.2) is 36.5 Å². The van der Waals surface area contributed by atoms with Crippen LogP contribution < -0.4 is 5.32 Å². The Morgan fingerprint density at radius 2 is 0.644 bits per heavy atom. The summed E-state index contributed by atoms with van der Waals surface area (Å²) in [4.78, 5) is 24.6. The third-order valence-electron chi connectivity index (χ3n) is 15.1. The van der Waals surface area contributed by atoms with Crippen molar-refractivity contribution >= 4 is 11.9 Å². The molecule has 2 unspecified atom stereocenters. The van der Waals surface area contributed by atoms with Gasteiger partial charge < -0.3 is 20.3 Å². The van der Waals surface area contributed by atoms with Gasteiger partial charge in [-0.25, -0.2) is 0 Å². The molecule has 3 N–H and O–H groups in total. The molecule has 430 valence electrons. The van der Waals surface area contributed by atoms with Crippen LogP contribution in [0.1, 0.15) is 354 Å². The van der Waals surface area contributed by atoms with Crippen LogP contribution >= 0.6 is 0 Å². The zero-order chi connectivity index (χ0) is 52.9. The Balaban J connectivity index is 3.48. The summed E-state index contributed by atoms with van der Waals surface area (Å²) in [6, 6.07) is -0.640. The number of aliphatic hydroxyl groups is 2. The Hall–Kier alpha value is -1.92. The van der Waals surface area contributed by atoms with E-state index in [-0.39, 0.29) is 18.5 Å². The highest BCUT2D eigenvalue weighted by Crippen LogP contribution is 2.17. The van der Waals surface area contributed by atoms with E-state index < -0.39 is 12.1 Å². The van der Waals surface area contributed by atoms with E-state index in [1.807, 2.05) is 6.08 Å². The van der Waals surface area contributed by atoms with Crippen molar-refractivity contribution in [2.45, 2.75) is 366 Å². The van der Waals surface area contributed by atoms with Crippen LogP contribution in [0.5, 0.6) is 0 Å². The maximum absolute atomic E-state index is 12.5. The van der Waals surface area contributed by atoms with Gasteiger partial charge in [0.05, 0.1) is 25.4 Å². The molecule has 0 aromatic rings. The molecule has 1 amide bonds. The van der Waals surface area contributed by atoms with Gasteiger partial charge >= 0.3 is 5.97 Å². The van der Waals surface area contributed by atoms with Crippen LogP contribution in [-0.4, -0.2) is 47.4 Å². The quantitative estimate of drug-likeness (QED) is 0.0320. The van der Waals surface area contributed by atoms with Gasteiger partial charge in [0, 0.05) is 12.8 Å². The number of hydrogen-bond donors (Lipinski definition) is 3. The molecule has 0 heterocycles. The summed E-state index contributed by atoms with van der Waals surface area (Å²) in [5, 5.41) is 23.2. The molecular formula is C67H127NO5. The van der Waals surface area contributed by atoms with Gasteiger partial charge in [0.2, 0.25) is 5.91 Å². The molecule has 0 aliphatic carbocycles. The minimum Gasteiger partial charge on any atom is -0.466 e. The van der Waals surface area contributed by atoms with Gasteiger partial charge in [-0.2, -0.15) is 0 Å². The fourth-order valence-electron chi connectivity index (χ4n) is 10.1. The second kappa shape index (κ2) is 62.6. The topological polar surface area (TPSA) is 95.9 Å². The smallest absolute Gasteiger partial charge is 0.305 e. The van der Waals surface area contributed by atoms with Crippen LogP contribution in [0.2, 0.25) is 0 Å². The van der Waals surface area contributed by atoms with E-state index in [2.05, 4.69) is 43.5 Å². The van der Waals surface area contributed by atoms with Crippen LogP contribution in [-0.2, 0) is 14.3 Å². The molecule has 0 bridgehead atoms. The third-order valence-corrected chi connectivity index (χ3v) is 15.1. The fourth-order valence-corrected chi connectivity index (χ4v) is 10.1. The lowest BCUT2D eigenvalue weighted by molar-refractivity contribution is -0.143. The first-order valence-corrected chi connectivity index (χ1v) is 32.8. The molecule has 0 saturated heterocycles. The first kappa shape index (κ1) is 71.1. The molecule has 0 rings (SSSR count). The fraction of sp³-hybridized carbons (Fsp3) is 0.881. The summed E-state index contributed by atoms with van der Waals surface area (Å²) >= 11 is 0. The molecule has 6 nitrogen and oxygen atoms in total. The zero-order valence-electron chi connectivity index (χ0n) is 49.1. The second-order valence-corrected chi connectivity index (χ2v) is 22.4. The Bertz CT molecular complexity index is 1180. The molecule has 0 aliphatic heterocycles. The highest BCUT2D eigenvalue weighted by atomic mass is 16.5. The van der Waals surface area contributed by atoms with E-state index in [0.29, 0.717) is 19.4 Å². The van der Waals surface area contributed by atoms with Gasteiger partial charge in [-0.1, -0.05) is 294 Å². The minimum atomic E-state index is -0.855. The number of nitrogens with one attached hydrogen (secondary N) is 1.